The van der Waals surface area contributed by atoms with Gasteiger partial charge in [0.15, 0.2) is 0 Å². The van der Waals surface area contributed by atoms with Crippen molar-refractivity contribution in [2.45, 2.75) is 52.9 Å². The van der Waals surface area contributed by atoms with Crippen LogP contribution in [0, 0.1) is 0 Å². The molecule has 0 spiro atoms. The molecule has 0 saturated heterocycles. The Bertz CT molecular complexity index is 450. The first-order valence-corrected chi connectivity index (χ1v) is 7.43. The summed E-state index contributed by atoms with van der Waals surface area (Å²) in [4.78, 5) is 16.8. The van der Waals surface area contributed by atoms with E-state index in [9.17, 15) is 4.79 Å². The summed E-state index contributed by atoms with van der Waals surface area (Å²) in [7, 11) is 0. The molecular weight excluding hydrogens is 250 g/mol. The lowest BCUT2D eigenvalue weighted by Gasteiger charge is -2.20. The van der Waals surface area contributed by atoms with Crippen molar-refractivity contribution in [1.82, 2.24) is 10.3 Å². The summed E-state index contributed by atoms with van der Waals surface area (Å²) < 4.78 is 0. The minimum atomic E-state index is -0.0797. The van der Waals surface area contributed by atoms with E-state index in [1.165, 1.54) is 0 Å². The number of pyridine rings is 1. The molecule has 0 radical (unpaired) electrons. The monoisotopic (exact) mass is 277 g/mol. The lowest BCUT2D eigenvalue weighted by atomic mass is 9.90. The van der Waals surface area contributed by atoms with E-state index in [2.05, 4.69) is 43.3 Å². The predicted molar refractivity (Wildman–Crippen MR) is 84.3 cm³/mol. The summed E-state index contributed by atoms with van der Waals surface area (Å²) in [6.07, 6.45) is 1.96. The summed E-state index contributed by atoms with van der Waals surface area (Å²) in [6.45, 7) is 12.0. The van der Waals surface area contributed by atoms with Gasteiger partial charge in [-0.3, -0.25) is 4.79 Å². The number of rotatable bonds is 6. The highest BCUT2D eigenvalue weighted by atomic mass is 16.1. The molecular formula is C16H27N3O. The standard InChI is InChI=1S/C16H27N3O/c1-6-8-17-14-11-12(15(20)18-9-7-2)10-13(19-14)16(3,4)5/h10-11H,6-9H2,1-5H3,(H,17,19)(H,18,20). The van der Waals surface area contributed by atoms with Crippen LogP contribution in [-0.4, -0.2) is 24.0 Å². The van der Waals surface area contributed by atoms with Crippen molar-refractivity contribution in [3.63, 3.8) is 0 Å². The Balaban J connectivity index is 3.06. The fraction of sp³-hybridized carbons (Fsp3) is 0.625. The van der Waals surface area contributed by atoms with Crippen molar-refractivity contribution < 1.29 is 4.79 Å². The molecule has 1 aromatic rings. The van der Waals surface area contributed by atoms with Gasteiger partial charge in [-0.15, -0.1) is 0 Å². The molecule has 2 N–H and O–H groups in total. The Kier molecular flexibility index (Phi) is 5.99. The molecule has 20 heavy (non-hydrogen) atoms. The van der Waals surface area contributed by atoms with Crippen LogP contribution in [0.15, 0.2) is 12.1 Å². The van der Waals surface area contributed by atoms with Gasteiger partial charge >= 0.3 is 0 Å². The Labute approximate surface area is 122 Å². The first kappa shape index (κ1) is 16.5. The number of nitrogens with one attached hydrogen (secondary N) is 2. The number of hydrogen-bond donors (Lipinski definition) is 2. The lowest BCUT2D eigenvalue weighted by molar-refractivity contribution is 0.0953. The van der Waals surface area contributed by atoms with E-state index in [0.29, 0.717) is 12.1 Å². The highest BCUT2D eigenvalue weighted by Crippen LogP contribution is 2.23. The fourth-order valence-corrected chi connectivity index (χ4v) is 1.73. The molecule has 4 heteroatoms. The van der Waals surface area contributed by atoms with Gasteiger partial charge in [0.25, 0.3) is 5.91 Å². The van der Waals surface area contributed by atoms with Crippen LogP contribution in [0.25, 0.3) is 0 Å². The Hall–Kier alpha value is -1.58. The van der Waals surface area contributed by atoms with E-state index in [-0.39, 0.29) is 11.3 Å². The van der Waals surface area contributed by atoms with Crippen molar-refractivity contribution >= 4 is 11.7 Å². The van der Waals surface area contributed by atoms with Crippen molar-refractivity contribution in [1.29, 1.82) is 0 Å². The van der Waals surface area contributed by atoms with Gasteiger partial charge in [-0.1, -0.05) is 34.6 Å². The van der Waals surface area contributed by atoms with E-state index in [4.69, 9.17) is 0 Å². The molecule has 1 amide bonds. The highest BCUT2D eigenvalue weighted by Gasteiger charge is 2.19. The number of amides is 1. The SMILES string of the molecule is CCCNC(=O)c1cc(NCCC)nc(C(C)(C)C)c1. The van der Waals surface area contributed by atoms with Gasteiger partial charge in [0.2, 0.25) is 0 Å². The quantitative estimate of drug-likeness (QED) is 0.838. The van der Waals surface area contributed by atoms with Crippen LogP contribution in [0.1, 0.15) is 63.5 Å². The minimum Gasteiger partial charge on any atom is -0.370 e. The molecule has 1 aromatic heterocycles. The Morgan fingerprint density at radius 3 is 2.35 bits per heavy atom. The molecule has 0 fully saturated rings. The average molecular weight is 277 g/mol. The van der Waals surface area contributed by atoms with Gasteiger partial charge in [0, 0.05) is 29.8 Å². The molecule has 0 atom stereocenters. The molecule has 4 nitrogen and oxygen atoms in total. The molecule has 1 heterocycles. The Morgan fingerprint density at radius 1 is 1.15 bits per heavy atom. The molecule has 0 aliphatic rings. The zero-order chi connectivity index (χ0) is 15.2. The Morgan fingerprint density at radius 2 is 1.80 bits per heavy atom. The third-order valence-corrected chi connectivity index (χ3v) is 2.95. The molecule has 0 aliphatic carbocycles. The van der Waals surface area contributed by atoms with Crippen LogP contribution in [-0.2, 0) is 5.41 Å². The summed E-state index contributed by atoms with van der Waals surface area (Å²) in [5.74, 6) is 0.750. The molecule has 0 unspecified atom stereocenters. The van der Waals surface area contributed by atoms with Crippen molar-refractivity contribution in [3.05, 3.63) is 23.4 Å². The van der Waals surface area contributed by atoms with Crippen LogP contribution in [0.3, 0.4) is 0 Å². The smallest absolute Gasteiger partial charge is 0.251 e. The van der Waals surface area contributed by atoms with Gasteiger partial charge in [-0.25, -0.2) is 4.98 Å². The maximum atomic E-state index is 12.1. The molecule has 0 aliphatic heterocycles. The average Bonchev–Trinajstić information content (AvgIpc) is 2.41. The van der Waals surface area contributed by atoms with Gasteiger partial charge in [0.1, 0.15) is 5.82 Å². The second kappa shape index (κ2) is 7.27. The van der Waals surface area contributed by atoms with Gasteiger partial charge in [-0.2, -0.15) is 0 Å². The molecule has 112 valence electrons. The van der Waals surface area contributed by atoms with E-state index in [1.54, 1.807) is 0 Å². The fourth-order valence-electron chi connectivity index (χ4n) is 1.73. The maximum absolute atomic E-state index is 12.1. The lowest BCUT2D eigenvalue weighted by Crippen LogP contribution is -2.25. The van der Waals surface area contributed by atoms with E-state index in [1.807, 2.05) is 19.1 Å². The van der Waals surface area contributed by atoms with Crippen LogP contribution < -0.4 is 10.6 Å². The molecule has 0 bridgehead atoms. The van der Waals surface area contributed by atoms with Gasteiger partial charge in [-0.05, 0) is 25.0 Å². The molecule has 1 rings (SSSR count). The van der Waals surface area contributed by atoms with Crippen molar-refractivity contribution in [2.75, 3.05) is 18.4 Å². The van der Waals surface area contributed by atoms with Crippen LogP contribution in [0.4, 0.5) is 5.82 Å². The number of nitrogens with zero attached hydrogens (tertiary/aromatic N) is 1. The molecule has 0 saturated carbocycles. The predicted octanol–water partition coefficient (Wildman–Crippen LogP) is 3.34. The van der Waals surface area contributed by atoms with Crippen LogP contribution in [0.2, 0.25) is 0 Å². The first-order chi connectivity index (χ1) is 9.38. The first-order valence-electron chi connectivity index (χ1n) is 7.43. The third kappa shape index (κ3) is 4.83. The highest BCUT2D eigenvalue weighted by molar-refractivity contribution is 5.95. The van der Waals surface area contributed by atoms with E-state index < -0.39 is 0 Å². The van der Waals surface area contributed by atoms with E-state index in [0.717, 1.165) is 30.9 Å². The van der Waals surface area contributed by atoms with E-state index >= 15 is 0 Å². The topological polar surface area (TPSA) is 54.0 Å². The second-order valence-corrected chi connectivity index (χ2v) is 6.06. The van der Waals surface area contributed by atoms with Crippen molar-refractivity contribution in [3.8, 4) is 0 Å². The number of aromatic nitrogens is 1. The number of hydrogen-bond acceptors (Lipinski definition) is 3. The summed E-state index contributed by atoms with van der Waals surface area (Å²) in [5.41, 5.74) is 1.53. The molecule has 0 aromatic carbocycles. The number of anilines is 1. The van der Waals surface area contributed by atoms with Crippen LogP contribution in [0.5, 0.6) is 0 Å². The normalized spacial score (nSPS) is 11.2. The van der Waals surface area contributed by atoms with Gasteiger partial charge < -0.3 is 10.6 Å². The summed E-state index contributed by atoms with van der Waals surface area (Å²) in [6, 6.07) is 3.72. The zero-order valence-electron chi connectivity index (χ0n) is 13.3. The number of carbonyl (C=O) groups excluding carboxylic acids is 1. The largest absolute Gasteiger partial charge is 0.370 e. The second-order valence-electron chi connectivity index (χ2n) is 6.06. The third-order valence-electron chi connectivity index (χ3n) is 2.95. The zero-order valence-corrected chi connectivity index (χ0v) is 13.3. The number of carbonyl (C=O) groups is 1. The van der Waals surface area contributed by atoms with Crippen molar-refractivity contribution in [2.24, 2.45) is 0 Å². The summed E-state index contributed by atoms with van der Waals surface area (Å²) in [5, 5.41) is 6.18. The maximum Gasteiger partial charge on any atom is 0.251 e. The minimum absolute atomic E-state index is 0.0284. The van der Waals surface area contributed by atoms with Gasteiger partial charge in [0.05, 0.1) is 0 Å². The summed E-state index contributed by atoms with van der Waals surface area (Å²) >= 11 is 0. The van der Waals surface area contributed by atoms with Crippen LogP contribution >= 0.6 is 0 Å².